The van der Waals surface area contributed by atoms with Crippen LogP contribution in [0.2, 0.25) is 0 Å². The van der Waals surface area contributed by atoms with E-state index in [2.05, 4.69) is 10.6 Å². The quantitative estimate of drug-likeness (QED) is 0.261. The third-order valence-electron chi connectivity index (χ3n) is 7.23. The van der Waals surface area contributed by atoms with Gasteiger partial charge < -0.3 is 30.2 Å². The number of ether oxygens (including phenoxy) is 3. The second-order valence-corrected chi connectivity index (χ2v) is 10.3. The van der Waals surface area contributed by atoms with E-state index in [1.54, 1.807) is 7.11 Å². The number of likely N-dealkylation sites (tertiary alicyclic amines) is 1. The molecule has 1 fully saturated rings. The van der Waals surface area contributed by atoms with Crippen LogP contribution in [0.15, 0.2) is 54.6 Å². The Bertz CT molecular complexity index is 1090. The molecule has 0 saturated carbocycles. The third kappa shape index (κ3) is 11.1. The number of carbonyl (C=O) groups is 3. The molecule has 0 radical (unpaired) electrons. The first-order valence-electron chi connectivity index (χ1n) is 14.3. The summed E-state index contributed by atoms with van der Waals surface area (Å²) < 4.78 is 16.0. The molecule has 0 aromatic heterocycles. The van der Waals surface area contributed by atoms with Gasteiger partial charge in [0, 0.05) is 38.6 Å². The van der Waals surface area contributed by atoms with Crippen molar-refractivity contribution in [1.29, 1.82) is 0 Å². The number of rotatable bonds is 16. The number of hydrogen-bond donors (Lipinski definition) is 3. The minimum atomic E-state index is -0.868. The predicted molar refractivity (Wildman–Crippen MR) is 156 cm³/mol. The zero-order valence-corrected chi connectivity index (χ0v) is 24.2. The molecule has 10 heteroatoms. The van der Waals surface area contributed by atoms with E-state index in [-0.39, 0.29) is 25.3 Å². The van der Waals surface area contributed by atoms with E-state index in [9.17, 15) is 14.4 Å². The summed E-state index contributed by atoms with van der Waals surface area (Å²) in [5, 5.41) is 6.27. The van der Waals surface area contributed by atoms with Crippen LogP contribution in [0.5, 0.6) is 5.75 Å². The van der Waals surface area contributed by atoms with Gasteiger partial charge in [-0.25, -0.2) is 0 Å². The molecule has 0 aliphatic carbocycles. The van der Waals surface area contributed by atoms with Crippen molar-refractivity contribution in [3.05, 3.63) is 65.7 Å². The monoisotopic (exact) mass is 568 g/mol. The number of methoxy groups -OCH3 is 2. The van der Waals surface area contributed by atoms with Gasteiger partial charge >= 0.3 is 11.9 Å². The van der Waals surface area contributed by atoms with Gasteiger partial charge in [-0.15, -0.1) is 0 Å². The second-order valence-electron chi connectivity index (χ2n) is 10.3. The van der Waals surface area contributed by atoms with Gasteiger partial charge in [-0.2, -0.15) is 0 Å². The van der Waals surface area contributed by atoms with Crippen LogP contribution in [0, 0.1) is 0 Å². The molecular formula is C31H44N4O6. The van der Waals surface area contributed by atoms with Gasteiger partial charge in [0.15, 0.2) is 0 Å². The van der Waals surface area contributed by atoms with Crippen molar-refractivity contribution in [2.24, 2.45) is 5.73 Å². The minimum absolute atomic E-state index is 0.000321. The Balaban J connectivity index is 1.67. The van der Waals surface area contributed by atoms with Crippen LogP contribution in [-0.2, 0) is 36.8 Å². The lowest BCUT2D eigenvalue weighted by atomic mass is 10.0. The normalized spacial score (nSPS) is 15.4. The molecule has 0 unspecified atom stereocenters. The van der Waals surface area contributed by atoms with Crippen LogP contribution in [0.25, 0.3) is 0 Å². The third-order valence-corrected chi connectivity index (χ3v) is 7.23. The molecule has 0 bridgehead atoms. The zero-order chi connectivity index (χ0) is 29.5. The van der Waals surface area contributed by atoms with E-state index >= 15 is 0 Å². The molecular weight excluding hydrogens is 524 g/mol. The number of nitrogens with zero attached hydrogens (tertiary/aromatic N) is 1. The topological polar surface area (TPSA) is 132 Å². The molecule has 2 aromatic rings. The average Bonchev–Trinajstić information content (AvgIpc) is 3.01. The Morgan fingerprint density at radius 1 is 0.976 bits per heavy atom. The van der Waals surface area contributed by atoms with Crippen molar-refractivity contribution in [3.63, 3.8) is 0 Å². The molecule has 3 atom stereocenters. The highest BCUT2D eigenvalue weighted by molar-refractivity contribution is 5.80. The van der Waals surface area contributed by atoms with E-state index in [0.717, 1.165) is 49.2 Å². The summed E-state index contributed by atoms with van der Waals surface area (Å²) in [6, 6.07) is 16.1. The van der Waals surface area contributed by atoms with Crippen LogP contribution in [-0.4, -0.2) is 81.3 Å². The molecule has 224 valence electrons. The smallest absolute Gasteiger partial charge is 0.323 e. The number of hydrogen-bond acceptors (Lipinski definition) is 9. The fraction of sp³-hybridized carbons (Fsp3) is 0.516. The van der Waals surface area contributed by atoms with E-state index in [1.807, 2.05) is 59.5 Å². The molecule has 0 spiro atoms. The largest absolute Gasteiger partial charge is 0.497 e. The van der Waals surface area contributed by atoms with Gasteiger partial charge in [0.05, 0.1) is 20.8 Å². The highest BCUT2D eigenvalue weighted by Crippen LogP contribution is 2.15. The van der Waals surface area contributed by atoms with E-state index in [0.29, 0.717) is 19.5 Å². The molecule has 41 heavy (non-hydrogen) atoms. The Hall–Kier alpha value is -3.47. The molecule has 10 nitrogen and oxygen atoms in total. The summed E-state index contributed by atoms with van der Waals surface area (Å²) in [7, 11) is 2.90. The number of nitrogens with one attached hydrogen (secondary N) is 2. The summed E-state index contributed by atoms with van der Waals surface area (Å²) in [6.07, 6.45) is 3.31. The van der Waals surface area contributed by atoms with Gasteiger partial charge in [0.2, 0.25) is 5.91 Å². The summed E-state index contributed by atoms with van der Waals surface area (Å²) in [6.45, 7) is 2.13. The van der Waals surface area contributed by atoms with Gasteiger partial charge in [-0.1, -0.05) is 42.5 Å². The van der Waals surface area contributed by atoms with Crippen LogP contribution in [0.1, 0.15) is 43.2 Å². The molecule has 1 aliphatic rings. The van der Waals surface area contributed by atoms with Crippen LogP contribution < -0.4 is 21.1 Å². The minimum Gasteiger partial charge on any atom is -0.497 e. The van der Waals surface area contributed by atoms with Crippen LogP contribution in [0.4, 0.5) is 0 Å². The van der Waals surface area contributed by atoms with Crippen molar-refractivity contribution < 1.29 is 28.6 Å². The van der Waals surface area contributed by atoms with Crippen molar-refractivity contribution >= 4 is 17.8 Å². The summed E-state index contributed by atoms with van der Waals surface area (Å²) in [4.78, 5) is 39.9. The average molecular weight is 569 g/mol. The molecule has 4 N–H and O–H groups in total. The van der Waals surface area contributed by atoms with Crippen LogP contribution >= 0.6 is 0 Å². The maximum Gasteiger partial charge on any atom is 0.323 e. The Kier molecular flexibility index (Phi) is 13.6. The zero-order valence-electron chi connectivity index (χ0n) is 24.2. The molecule has 1 heterocycles. The Morgan fingerprint density at radius 3 is 2.41 bits per heavy atom. The summed E-state index contributed by atoms with van der Waals surface area (Å²) in [5.41, 5.74) is 8.64. The maximum absolute atomic E-state index is 13.5. The highest BCUT2D eigenvalue weighted by atomic mass is 16.5. The predicted octanol–water partition coefficient (Wildman–Crippen LogP) is 2.19. The van der Waals surface area contributed by atoms with Crippen LogP contribution in [0.3, 0.4) is 0 Å². The van der Waals surface area contributed by atoms with E-state index in [4.69, 9.17) is 19.9 Å². The number of carbonyl (C=O) groups excluding carboxylic acids is 3. The SMILES string of the molecule is COC(=O)CN[C@@H](CCC(=O)N1CCCCC1)C(=O)O[C@H](CNCc1cccc(OC)c1)[C@@H](N)Cc1ccccc1. The maximum atomic E-state index is 13.5. The molecule has 1 amide bonds. The standard InChI is InChI=1S/C31H44N4O6/c1-39-25-13-9-12-24(18-25)20-33-21-28(26(32)19-23-10-5-3-6-11-23)41-31(38)27(34-22-30(37)40-2)14-15-29(36)35-16-7-4-8-17-35/h3,5-6,9-13,18,26-28,33-34H,4,7-8,14-17,19-22,32H2,1-2H3/t26-,27-,28+/m0/s1. The van der Waals surface area contributed by atoms with Gasteiger partial charge in [0.25, 0.3) is 0 Å². The van der Waals surface area contributed by atoms with Crippen molar-refractivity contribution in [2.45, 2.75) is 63.3 Å². The molecule has 3 rings (SSSR count). The second kappa shape index (κ2) is 17.4. The number of piperidine rings is 1. The van der Waals surface area contributed by atoms with Gasteiger partial charge in [-0.3, -0.25) is 19.7 Å². The fourth-order valence-electron chi connectivity index (χ4n) is 4.82. The summed E-state index contributed by atoms with van der Waals surface area (Å²) in [5.74, 6) is -0.314. The number of benzene rings is 2. The van der Waals surface area contributed by atoms with E-state index in [1.165, 1.54) is 7.11 Å². The Morgan fingerprint density at radius 2 is 1.71 bits per heavy atom. The van der Waals surface area contributed by atoms with Crippen molar-refractivity contribution in [2.75, 3.05) is 40.4 Å². The number of esters is 2. The van der Waals surface area contributed by atoms with Crippen molar-refractivity contribution in [3.8, 4) is 5.75 Å². The summed E-state index contributed by atoms with van der Waals surface area (Å²) >= 11 is 0. The molecule has 2 aromatic carbocycles. The number of nitrogens with two attached hydrogens (primary N) is 1. The fourth-order valence-corrected chi connectivity index (χ4v) is 4.82. The highest BCUT2D eigenvalue weighted by Gasteiger charge is 2.29. The first-order valence-corrected chi connectivity index (χ1v) is 14.3. The number of amides is 1. The lowest BCUT2D eigenvalue weighted by molar-refractivity contribution is -0.153. The molecule has 1 saturated heterocycles. The first kappa shape index (κ1) is 32.0. The van der Waals surface area contributed by atoms with Gasteiger partial charge in [-0.05, 0) is 55.4 Å². The molecule has 1 aliphatic heterocycles. The van der Waals surface area contributed by atoms with Crippen molar-refractivity contribution in [1.82, 2.24) is 15.5 Å². The lowest BCUT2D eigenvalue weighted by Gasteiger charge is -2.29. The Labute approximate surface area is 242 Å². The lowest BCUT2D eigenvalue weighted by Crippen LogP contribution is -2.50. The van der Waals surface area contributed by atoms with E-state index < -0.39 is 30.1 Å². The van der Waals surface area contributed by atoms with Gasteiger partial charge in [0.1, 0.15) is 17.9 Å². The first-order chi connectivity index (χ1) is 19.9.